The molecule has 6 nitrogen and oxygen atoms in total. The van der Waals surface area contributed by atoms with Crippen LogP contribution in [0.4, 0.5) is 0 Å². The fraction of sp³-hybridized carbons (Fsp3) is 0.375. The van der Waals surface area contributed by atoms with Crippen LogP contribution in [0.3, 0.4) is 0 Å². The maximum Gasteiger partial charge on any atom is 0.323 e. The Balaban J connectivity index is 2.04. The first-order chi connectivity index (χ1) is 10.6. The summed E-state index contributed by atoms with van der Waals surface area (Å²) in [5.74, 6) is -0.425. The molecule has 118 valence electrons. The second-order valence-corrected chi connectivity index (χ2v) is 5.23. The lowest BCUT2D eigenvalue weighted by molar-refractivity contribution is -0.152. The zero-order valence-electron chi connectivity index (χ0n) is 12.8. The van der Waals surface area contributed by atoms with Crippen LogP contribution in [-0.4, -0.2) is 35.1 Å². The lowest BCUT2D eigenvalue weighted by Gasteiger charge is -2.25. The van der Waals surface area contributed by atoms with E-state index in [9.17, 15) is 4.79 Å². The lowest BCUT2D eigenvalue weighted by atomic mass is 10.0. The van der Waals surface area contributed by atoms with Crippen LogP contribution in [0.5, 0.6) is 0 Å². The monoisotopic (exact) mass is 302 g/mol. The van der Waals surface area contributed by atoms with Crippen molar-refractivity contribution in [1.82, 2.24) is 15.3 Å². The molecule has 0 aliphatic heterocycles. The molecular weight excluding hydrogens is 280 g/mol. The molecule has 4 N–H and O–H groups in total. The second kappa shape index (κ2) is 7.72. The van der Waals surface area contributed by atoms with Gasteiger partial charge in [-0.05, 0) is 19.5 Å². The molecule has 6 heteroatoms. The Hall–Kier alpha value is -2.18. The summed E-state index contributed by atoms with van der Waals surface area (Å²) >= 11 is 0. The Morgan fingerprint density at radius 1 is 1.41 bits per heavy atom. The summed E-state index contributed by atoms with van der Waals surface area (Å²) in [6, 6.07) is 8.89. The molecule has 3 atom stereocenters. The van der Waals surface area contributed by atoms with Gasteiger partial charge in [-0.3, -0.25) is 4.79 Å². The third-order valence-corrected chi connectivity index (χ3v) is 3.58. The SMILES string of the molecule is CNC(C)C(OC(=O)C(N)Cc1cnc[nH]1)c1ccccc1. The quantitative estimate of drug-likeness (QED) is 0.668. The smallest absolute Gasteiger partial charge is 0.323 e. The number of carbonyl (C=O) groups excluding carboxylic acids is 1. The van der Waals surface area contributed by atoms with Crippen molar-refractivity contribution in [2.45, 2.75) is 31.5 Å². The Morgan fingerprint density at radius 2 is 2.14 bits per heavy atom. The van der Waals surface area contributed by atoms with Crippen LogP contribution in [-0.2, 0) is 16.0 Å². The highest BCUT2D eigenvalue weighted by molar-refractivity contribution is 5.76. The molecule has 1 heterocycles. The highest BCUT2D eigenvalue weighted by Crippen LogP contribution is 2.21. The number of hydrogen-bond acceptors (Lipinski definition) is 5. The first-order valence-corrected chi connectivity index (χ1v) is 7.27. The van der Waals surface area contributed by atoms with Crippen molar-refractivity contribution in [3.8, 4) is 0 Å². The van der Waals surface area contributed by atoms with Crippen LogP contribution in [0.1, 0.15) is 24.3 Å². The molecule has 2 aromatic rings. The number of nitrogens with two attached hydrogens (primary N) is 1. The van der Waals surface area contributed by atoms with E-state index in [-0.39, 0.29) is 12.1 Å². The number of hydrogen-bond donors (Lipinski definition) is 3. The van der Waals surface area contributed by atoms with Crippen LogP contribution in [0.15, 0.2) is 42.9 Å². The fourth-order valence-electron chi connectivity index (χ4n) is 2.18. The average Bonchev–Trinajstić information content (AvgIpc) is 3.05. The van der Waals surface area contributed by atoms with Crippen LogP contribution >= 0.6 is 0 Å². The molecule has 0 fully saturated rings. The molecule has 0 bridgehead atoms. The summed E-state index contributed by atoms with van der Waals surface area (Å²) in [4.78, 5) is 19.1. The first-order valence-electron chi connectivity index (χ1n) is 7.27. The number of esters is 1. The van der Waals surface area contributed by atoms with Crippen molar-refractivity contribution < 1.29 is 9.53 Å². The van der Waals surface area contributed by atoms with Crippen LogP contribution in [0.25, 0.3) is 0 Å². The van der Waals surface area contributed by atoms with E-state index in [0.717, 1.165) is 11.3 Å². The second-order valence-electron chi connectivity index (χ2n) is 5.23. The maximum atomic E-state index is 12.3. The molecule has 0 aliphatic rings. The maximum absolute atomic E-state index is 12.3. The number of imidazole rings is 1. The molecule has 1 aromatic carbocycles. The molecule has 0 aliphatic carbocycles. The van der Waals surface area contributed by atoms with Gasteiger partial charge < -0.3 is 20.8 Å². The van der Waals surface area contributed by atoms with E-state index in [4.69, 9.17) is 10.5 Å². The van der Waals surface area contributed by atoms with Crippen molar-refractivity contribution in [3.05, 3.63) is 54.1 Å². The zero-order valence-corrected chi connectivity index (χ0v) is 12.8. The third kappa shape index (κ3) is 4.16. The largest absolute Gasteiger partial charge is 0.455 e. The standard InChI is InChI=1S/C16H22N4O2/c1-11(18-2)15(12-6-4-3-5-7-12)22-16(21)14(17)8-13-9-19-10-20-13/h3-7,9-11,14-15,18H,8,17H2,1-2H3,(H,19,20). The van der Waals surface area contributed by atoms with Crippen molar-refractivity contribution in [3.63, 3.8) is 0 Å². The van der Waals surface area contributed by atoms with Gasteiger partial charge >= 0.3 is 5.97 Å². The van der Waals surface area contributed by atoms with Crippen LogP contribution in [0, 0.1) is 0 Å². The van der Waals surface area contributed by atoms with Gasteiger partial charge in [0.1, 0.15) is 12.1 Å². The predicted octanol–water partition coefficient (Wildman–Crippen LogP) is 1.17. The molecule has 1 aromatic heterocycles. The molecule has 0 radical (unpaired) electrons. The van der Waals surface area contributed by atoms with E-state index >= 15 is 0 Å². The molecule has 22 heavy (non-hydrogen) atoms. The molecular formula is C16H22N4O2. The number of nitrogens with one attached hydrogen (secondary N) is 2. The van der Waals surface area contributed by atoms with Gasteiger partial charge in [0.2, 0.25) is 0 Å². The zero-order chi connectivity index (χ0) is 15.9. The fourth-order valence-corrected chi connectivity index (χ4v) is 2.18. The van der Waals surface area contributed by atoms with Gasteiger partial charge in [0, 0.05) is 24.4 Å². The highest BCUT2D eigenvalue weighted by atomic mass is 16.5. The van der Waals surface area contributed by atoms with Crippen LogP contribution in [0.2, 0.25) is 0 Å². The summed E-state index contributed by atoms with van der Waals surface area (Å²) in [5, 5.41) is 3.12. The van der Waals surface area contributed by atoms with Crippen molar-refractivity contribution in [2.75, 3.05) is 7.05 Å². The van der Waals surface area contributed by atoms with Gasteiger partial charge in [0.25, 0.3) is 0 Å². The molecule has 0 spiro atoms. The minimum atomic E-state index is -0.726. The summed E-state index contributed by atoms with van der Waals surface area (Å²) in [7, 11) is 1.83. The van der Waals surface area contributed by atoms with E-state index in [1.54, 1.807) is 12.5 Å². The van der Waals surface area contributed by atoms with Crippen molar-refractivity contribution in [1.29, 1.82) is 0 Å². The van der Waals surface area contributed by atoms with Gasteiger partial charge in [-0.2, -0.15) is 0 Å². The molecule has 0 saturated heterocycles. The average molecular weight is 302 g/mol. The van der Waals surface area contributed by atoms with E-state index in [1.165, 1.54) is 0 Å². The molecule has 3 unspecified atom stereocenters. The van der Waals surface area contributed by atoms with Gasteiger partial charge in [-0.25, -0.2) is 4.98 Å². The molecule has 0 saturated carbocycles. The normalized spacial score (nSPS) is 15.0. The Labute approximate surface area is 130 Å². The molecule has 0 amide bonds. The Morgan fingerprint density at radius 3 is 2.73 bits per heavy atom. The predicted molar refractivity (Wildman–Crippen MR) is 84.1 cm³/mol. The topological polar surface area (TPSA) is 93.0 Å². The Bertz CT molecular complexity index is 571. The summed E-state index contributed by atoms with van der Waals surface area (Å²) in [6.45, 7) is 1.96. The summed E-state index contributed by atoms with van der Waals surface area (Å²) in [6.07, 6.45) is 3.20. The molecule has 2 rings (SSSR count). The number of aromatic nitrogens is 2. The van der Waals surface area contributed by atoms with Gasteiger partial charge in [0.15, 0.2) is 0 Å². The van der Waals surface area contributed by atoms with E-state index < -0.39 is 12.0 Å². The van der Waals surface area contributed by atoms with Gasteiger partial charge in [-0.15, -0.1) is 0 Å². The number of likely N-dealkylation sites (N-methyl/N-ethyl adjacent to an activating group) is 1. The van der Waals surface area contributed by atoms with Crippen molar-refractivity contribution >= 4 is 5.97 Å². The lowest BCUT2D eigenvalue weighted by Crippen LogP contribution is -2.39. The number of benzene rings is 1. The number of rotatable bonds is 7. The van der Waals surface area contributed by atoms with Crippen LogP contribution < -0.4 is 11.1 Å². The summed E-state index contributed by atoms with van der Waals surface area (Å²) in [5.41, 5.74) is 7.68. The first kappa shape index (κ1) is 16.2. The van der Waals surface area contributed by atoms with E-state index in [0.29, 0.717) is 6.42 Å². The van der Waals surface area contributed by atoms with Gasteiger partial charge in [0.05, 0.1) is 6.33 Å². The van der Waals surface area contributed by atoms with E-state index in [1.807, 2.05) is 44.3 Å². The minimum absolute atomic E-state index is 0.0225. The number of carbonyl (C=O) groups is 1. The summed E-state index contributed by atoms with van der Waals surface area (Å²) < 4.78 is 5.64. The highest BCUT2D eigenvalue weighted by Gasteiger charge is 2.25. The van der Waals surface area contributed by atoms with Crippen molar-refractivity contribution in [2.24, 2.45) is 5.73 Å². The number of nitrogens with zero attached hydrogens (tertiary/aromatic N) is 1. The third-order valence-electron chi connectivity index (χ3n) is 3.58. The van der Waals surface area contributed by atoms with Gasteiger partial charge in [-0.1, -0.05) is 30.3 Å². The minimum Gasteiger partial charge on any atom is -0.455 e. The van der Waals surface area contributed by atoms with E-state index in [2.05, 4.69) is 15.3 Å². The Kier molecular flexibility index (Phi) is 5.68. The number of H-pyrrole nitrogens is 1. The number of aromatic amines is 1. The number of ether oxygens (including phenoxy) is 1.